The van der Waals surface area contributed by atoms with Crippen molar-refractivity contribution in [3.63, 3.8) is 0 Å². The minimum atomic E-state index is -0.556. The van der Waals surface area contributed by atoms with Crippen molar-refractivity contribution in [2.45, 2.75) is 194 Å². The van der Waals surface area contributed by atoms with Crippen molar-refractivity contribution < 1.29 is 133 Å². The molecule has 36 heteroatoms. The van der Waals surface area contributed by atoms with Crippen molar-refractivity contribution in [2.75, 3.05) is 84.6 Å². The van der Waals surface area contributed by atoms with Crippen LogP contribution in [0, 0.1) is 76.2 Å². The molecule has 0 aliphatic carbocycles. The van der Waals surface area contributed by atoms with Crippen LogP contribution in [0.4, 0.5) is 0 Å². The van der Waals surface area contributed by atoms with Gasteiger partial charge in [-0.25, -0.2) is 0 Å². The fourth-order valence-corrected chi connectivity index (χ4v) is 22.9. The fourth-order valence-electron chi connectivity index (χ4n) is 15.1. The predicted octanol–water partition coefficient (Wildman–Crippen LogP) is 28.0. The van der Waals surface area contributed by atoms with Gasteiger partial charge in [-0.05, 0) is 312 Å². The van der Waals surface area contributed by atoms with Crippen LogP contribution in [0.15, 0.2) is 206 Å². The number of para-hydroxylation sites is 2. The Hall–Kier alpha value is -0.454. The van der Waals surface area contributed by atoms with E-state index < -0.39 is 102 Å². The molecule has 0 aromatic heterocycles. The van der Waals surface area contributed by atoms with Gasteiger partial charge in [0.1, 0.15) is 34.5 Å². The van der Waals surface area contributed by atoms with Gasteiger partial charge in [0, 0.05) is 82.2 Å². The second-order valence-corrected chi connectivity index (χ2v) is 63.8. The van der Waals surface area contributed by atoms with Crippen LogP contribution < -0.4 is 63.7 Å². The van der Waals surface area contributed by atoms with E-state index in [9.17, 15) is 30.6 Å². The standard InChI is InChI=1S/C24H36NOP.C21H30NOP.C18H24NOP.2C17H22NOP.C16H20NOP.12ClH.6Ti/c1-16-11-10-12-17(15-25(8)9)22(16)27-20-14-18(23(2,3)4)13-19(21(20)26)24(5,6)7;1-14-8-9-18(16(10-14)13-22(6)7)24-19-12-15(2)11-17(20(19)23)21(3,4)5;1-12-6-7-16(15(9-12)11-19(4)5)21-17-10-13(2)8-14(3)18(17)20;1-12-6-8-16(14(9-12)11-18(3)4)20-17-10-13(2)5-7-15(17)19;1-12-8-9-15(14(10-12)11-18(3)4)20-16-7-5-6-13(2)17(16)19;1-12-8-9-15(13(10-12)11-17(2)3)19-16-7-5-4-6-14(16)18;;;;;;;;;;;;;;;;;;/h10-14,26-27H,15H2,1-9H3;8-12,23-24H,13H2,1-7H3;6-10,20-21H,11H2,1-5H3;2*5-10,19-20H,11H2,1-4H3;4-10,18-19H,11H2,1-3H3;12*1H;;;;;;/q;;;;;;;;;;;;;;;;;;6*+2/p-12. The Kier molecular flexibility index (Phi) is 76.7. The molecule has 0 aliphatic rings. The average Bonchev–Trinajstić information content (AvgIpc) is 0.823. The molecule has 0 amide bonds. The predicted molar refractivity (Wildman–Crippen MR) is 656 cm³/mol. The van der Waals surface area contributed by atoms with Crippen LogP contribution in [0.25, 0.3) is 0 Å². The first-order valence-corrected chi connectivity index (χ1v) is 79.2. The number of benzene rings is 12. The molecule has 0 saturated heterocycles. The van der Waals surface area contributed by atoms with Gasteiger partial charge in [0.05, 0.1) is 0 Å². The summed E-state index contributed by atoms with van der Waals surface area (Å²) in [6.07, 6.45) is 0. The summed E-state index contributed by atoms with van der Waals surface area (Å²) in [5.41, 5.74) is 24.5. The van der Waals surface area contributed by atoms with Crippen molar-refractivity contribution in [1.29, 1.82) is 0 Å². The van der Waals surface area contributed by atoms with Crippen LogP contribution in [0.1, 0.15) is 174 Å². The monoisotopic (exact) mass is 2580 g/mol. The molecule has 0 saturated carbocycles. The van der Waals surface area contributed by atoms with Crippen LogP contribution in [0.2, 0.25) is 0 Å². The maximum absolute atomic E-state index is 11.1. The number of phenolic OH excluding ortho intramolecular Hbond substituents is 6. The van der Waals surface area contributed by atoms with Gasteiger partial charge in [0.15, 0.2) is 0 Å². The maximum atomic E-state index is 11.1. The zero-order chi connectivity index (χ0) is 114. The first-order valence-electron chi connectivity index (χ1n) is 47.5. The van der Waals surface area contributed by atoms with E-state index in [2.05, 4.69) is 384 Å². The van der Waals surface area contributed by atoms with Crippen molar-refractivity contribution in [2.24, 2.45) is 0 Å². The molecule has 6 N–H and O–H groups in total. The van der Waals surface area contributed by atoms with E-state index >= 15 is 0 Å². The van der Waals surface area contributed by atoms with Crippen LogP contribution in [0.5, 0.6) is 34.5 Å². The summed E-state index contributed by atoms with van der Waals surface area (Å²) in [6, 6.07) is 71.6. The number of nitrogens with zero attached hydrogens (tertiary/aromatic N) is 6. The Balaban J connectivity index is 0.000000866. The van der Waals surface area contributed by atoms with Crippen LogP contribution in [-0.4, -0.2) is 145 Å². The second kappa shape index (κ2) is 78.0. The third kappa shape index (κ3) is 58.8. The molecule has 810 valence electrons. The molecule has 12 aromatic rings. The van der Waals surface area contributed by atoms with Gasteiger partial charge in [-0.1, -0.05) is 317 Å². The SMILES string of the molecule is Cc1ccc(Pc2cc(C)cc(C(C)(C)C)c2O)c(CN(C)C)c1.Cc1ccc(Pc2cc(C)cc(C)c2O)c(CN(C)C)c1.Cc1ccc(Pc2cc(C)ccc2O)c(CN(C)C)c1.Cc1ccc(Pc2cccc(C)c2O)c(CN(C)C)c1.Cc1ccc(Pc2ccccc2O)c(CN(C)C)c1.Cc1cccc(CN(C)C)c1Pc1cc(C(C)(C)C)cc(C(C)(C)C)c1O.[Cl][Ti][Cl].[Cl][Ti][Cl].[Cl][Ti][Cl].[Cl][Ti][Cl].[Cl][Ti][Cl].[Cl][Ti][Cl]. The third-order valence-electron chi connectivity index (χ3n) is 21.8. The quantitative estimate of drug-likeness (QED) is 0.0253. The molecule has 0 fully saturated rings. The number of hydrogen-bond donors (Lipinski definition) is 6. The fraction of sp³-hybridized carbons (Fsp3) is 0.363. The molecule has 0 radical (unpaired) electrons. The molecule has 6 unspecified atom stereocenters. The molecule has 12 rings (SSSR count). The Morgan fingerprint density at radius 3 is 0.826 bits per heavy atom. The summed E-state index contributed by atoms with van der Waals surface area (Å²) < 4.78 is 0. The van der Waals surface area contributed by atoms with E-state index in [1.54, 1.807) is 12.1 Å². The van der Waals surface area contributed by atoms with Crippen LogP contribution in [0.3, 0.4) is 0 Å². The zero-order valence-corrected chi connectivity index (χ0v) is 117. The van der Waals surface area contributed by atoms with Gasteiger partial charge >= 0.3 is 214 Å². The van der Waals surface area contributed by atoms with Gasteiger partial charge in [-0.2, -0.15) is 0 Å². The summed E-state index contributed by atoms with van der Waals surface area (Å²) in [5.74, 6) is 2.58. The number of hydrogen-bond acceptors (Lipinski definition) is 12. The van der Waals surface area contributed by atoms with E-state index in [0.717, 1.165) is 93.3 Å². The van der Waals surface area contributed by atoms with Crippen molar-refractivity contribution >= 4 is 227 Å². The molecule has 12 nitrogen and oxygen atoms in total. The molecular weight excluding hydrogens is 2440 g/mol. The Labute approximate surface area is 1010 Å². The molecule has 0 heterocycles. The van der Waals surface area contributed by atoms with Crippen molar-refractivity contribution in [1.82, 2.24) is 29.4 Å². The Morgan fingerprint density at radius 1 is 0.215 bits per heavy atom. The Bertz CT molecular complexity index is 5920. The van der Waals surface area contributed by atoms with E-state index in [0.29, 0.717) is 86.0 Å². The van der Waals surface area contributed by atoms with Crippen LogP contribution >= 0.6 is 163 Å². The summed E-state index contributed by atoms with van der Waals surface area (Å²) >= 11 is -3.33. The summed E-state index contributed by atoms with van der Waals surface area (Å²) in [6.45, 7) is 48.2. The average molecular weight is 2590 g/mol. The van der Waals surface area contributed by atoms with Gasteiger partial charge in [-0.3, -0.25) is 0 Å². The molecule has 0 aliphatic heterocycles. The first-order chi connectivity index (χ1) is 69.7. The van der Waals surface area contributed by atoms with Gasteiger partial charge in [0.25, 0.3) is 0 Å². The van der Waals surface area contributed by atoms with Crippen molar-refractivity contribution in [3.05, 3.63) is 318 Å². The van der Waals surface area contributed by atoms with E-state index in [1.807, 2.05) is 62.4 Å². The summed E-state index contributed by atoms with van der Waals surface area (Å²) in [7, 11) is 86.6. The number of halogens is 12. The summed E-state index contributed by atoms with van der Waals surface area (Å²) in [5, 5.41) is 76.5. The first kappa shape index (κ1) is 147. The number of rotatable bonds is 24. The topological polar surface area (TPSA) is 141 Å². The van der Waals surface area contributed by atoms with Gasteiger partial charge in [-0.15, -0.1) is 0 Å². The normalized spacial score (nSPS) is 11.2. The third-order valence-corrected chi connectivity index (χ3v) is 30.5. The molecule has 12 aromatic carbocycles. The molecule has 0 bridgehead atoms. The Morgan fingerprint density at radius 2 is 0.477 bits per heavy atom. The minimum absolute atomic E-state index is 0.0468. The summed E-state index contributed by atoms with van der Waals surface area (Å²) in [4.78, 5) is 13.1. The van der Waals surface area contributed by atoms with Crippen molar-refractivity contribution in [3.8, 4) is 34.5 Å². The van der Waals surface area contributed by atoms with E-state index in [4.69, 9.17) is 112 Å². The van der Waals surface area contributed by atoms with Gasteiger partial charge < -0.3 is 60.0 Å². The molecular formula is C113H154Cl12N6O6P6Ti6. The van der Waals surface area contributed by atoms with E-state index in [1.165, 1.54) is 121 Å². The molecule has 149 heavy (non-hydrogen) atoms. The number of aromatic hydroxyl groups is 6. The number of aryl methyl sites for hydroxylation is 11. The molecule has 6 atom stereocenters. The zero-order valence-electron chi connectivity index (χ0n) is 92.3. The number of phenols is 6. The van der Waals surface area contributed by atoms with Crippen LogP contribution in [-0.2, 0) is 158 Å². The van der Waals surface area contributed by atoms with Gasteiger partial charge in [0.2, 0.25) is 0 Å². The second-order valence-electron chi connectivity index (χ2n) is 40.4. The van der Waals surface area contributed by atoms with E-state index in [-0.39, 0.29) is 16.2 Å². The molecule has 0 spiro atoms.